The zero-order chi connectivity index (χ0) is 22.0. The van der Waals surface area contributed by atoms with Crippen molar-refractivity contribution in [1.82, 2.24) is 19.7 Å². The highest BCUT2D eigenvalue weighted by molar-refractivity contribution is 6.07. The quantitative estimate of drug-likeness (QED) is 0.692. The molecular weight excluding hydrogens is 396 g/mol. The number of hydrogen-bond acceptors (Lipinski definition) is 5. The van der Waals surface area contributed by atoms with Crippen molar-refractivity contribution in [3.8, 4) is 5.88 Å². The van der Waals surface area contributed by atoms with E-state index in [1.807, 2.05) is 37.3 Å². The first-order chi connectivity index (χ1) is 15.0. The minimum Gasteiger partial charge on any atom is -0.480 e. The number of piperidine rings is 1. The van der Waals surface area contributed by atoms with Crippen molar-refractivity contribution in [2.24, 2.45) is 0 Å². The molecule has 8 nitrogen and oxygen atoms in total. The predicted molar refractivity (Wildman–Crippen MR) is 113 cm³/mol. The summed E-state index contributed by atoms with van der Waals surface area (Å²) < 4.78 is 5.22. The number of nitrogens with zero attached hydrogens (tertiary/aromatic N) is 4. The van der Waals surface area contributed by atoms with Crippen LogP contribution in [0.15, 0.2) is 48.7 Å². The number of amides is 4. The second kappa shape index (κ2) is 8.37. The van der Waals surface area contributed by atoms with Gasteiger partial charge in [-0.25, -0.2) is 9.78 Å². The van der Waals surface area contributed by atoms with Gasteiger partial charge in [0, 0.05) is 32.4 Å². The van der Waals surface area contributed by atoms with Gasteiger partial charge in [0.15, 0.2) is 0 Å². The van der Waals surface area contributed by atoms with Crippen LogP contribution in [0.3, 0.4) is 0 Å². The van der Waals surface area contributed by atoms with E-state index in [0.29, 0.717) is 44.6 Å². The molecule has 4 amide bonds. The molecule has 31 heavy (non-hydrogen) atoms. The Balaban J connectivity index is 1.57. The molecule has 0 saturated carbocycles. The van der Waals surface area contributed by atoms with E-state index in [1.54, 1.807) is 28.1 Å². The standard InChI is InChI=1S/C23H26N4O4/c1-3-26-21(29)23(27(22(26)30)16-17-8-5-4-6-9-17)11-14-25(15-12-23)20(28)18-10-7-13-24-19(18)31-2/h4-10,13H,3,11-12,14-16H2,1-2H3. The molecule has 162 valence electrons. The summed E-state index contributed by atoms with van der Waals surface area (Å²) >= 11 is 0. The van der Waals surface area contributed by atoms with E-state index in [9.17, 15) is 14.4 Å². The Morgan fingerprint density at radius 3 is 2.45 bits per heavy atom. The van der Waals surface area contributed by atoms with Crippen LogP contribution in [0.1, 0.15) is 35.7 Å². The van der Waals surface area contributed by atoms with E-state index in [1.165, 1.54) is 12.0 Å². The van der Waals surface area contributed by atoms with Gasteiger partial charge in [-0.15, -0.1) is 0 Å². The lowest BCUT2D eigenvalue weighted by Gasteiger charge is -2.42. The fourth-order valence-electron chi connectivity index (χ4n) is 4.50. The van der Waals surface area contributed by atoms with Crippen LogP contribution in [0.25, 0.3) is 0 Å². The summed E-state index contributed by atoms with van der Waals surface area (Å²) in [5.74, 6) is -0.0664. The van der Waals surface area contributed by atoms with E-state index in [4.69, 9.17) is 4.74 Å². The van der Waals surface area contributed by atoms with Gasteiger partial charge in [0.25, 0.3) is 11.8 Å². The lowest BCUT2D eigenvalue weighted by Crippen LogP contribution is -2.57. The van der Waals surface area contributed by atoms with Gasteiger partial charge < -0.3 is 14.5 Å². The summed E-state index contributed by atoms with van der Waals surface area (Å²) in [4.78, 5) is 48.3. The number of pyridine rings is 1. The minimum absolute atomic E-state index is 0.165. The Morgan fingerprint density at radius 2 is 1.81 bits per heavy atom. The summed E-state index contributed by atoms with van der Waals surface area (Å²) in [7, 11) is 1.48. The highest BCUT2D eigenvalue weighted by atomic mass is 16.5. The molecular formula is C23H26N4O4. The summed E-state index contributed by atoms with van der Waals surface area (Å²) in [6, 6.07) is 12.8. The molecule has 1 aromatic carbocycles. The number of aromatic nitrogens is 1. The van der Waals surface area contributed by atoms with E-state index in [2.05, 4.69) is 4.98 Å². The van der Waals surface area contributed by atoms with Crippen LogP contribution < -0.4 is 4.74 Å². The molecule has 0 N–H and O–H groups in total. The van der Waals surface area contributed by atoms with E-state index in [0.717, 1.165) is 5.56 Å². The van der Waals surface area contributed by atoms with Crippen molar-refractivity contribution in [2.45, 2.75) is 31.8 Å². The van der Waals surface area contributed by atoms with Gasteiger partial charge in [-0.1, -0.05) is 30.3 Å². The molecule has 0 radical (unpaired) electrons. The third-order valence-electron chi connectivity index (χ3n) is 6.19. The number of methoxy groups -OCH3 is 1. The lowest BCUT2D eigenvalue weighted by atomic mass is 9.85. The zero-order valence-electron chi connectivity index (χ0n) is 17.8. The first-order valence-electron chi connectivity index (χ1n) is 10.5. The number of urea groups is 1. The fraction of sp³-hybridized carbons (Fsp3) is 0.391. The monoisotopic (exact) mass is 422 g/mol. The second-order valence-electron chi connectivity index (χ2n) is 7.79. The molecule has 0 unspecified atom stereocenters. The van der Waals surface area contributed by atoms with Crippen molar-refractivity contribution in [2.75, 3.05) is 26.7 Å². The highest BCUT2D eigenvalue weighted by Gasteiger charge is 2.57. The molecule has 2 saturated heterocycles. The number of likely N-dealkylation sites (tertiary alicyclic amines) is 1. The third kappa shape index (κ3) is 3.52. The minimum atomic E-state index is -0.918. The van der Waals surface area contributed by atoms with Crippen molar-refractivity contribution in [3.05, 3.63) is 59.8 Å². The Bertz CT molecular complexity index is 986. The van der Waals surface area contributed by atoms with Crippen LogP contribution in [0.2, 0.25) is 0 Å². The Hall–Kier alpha value is -3.42. The Labute approximate surface area is 181 Å². The zero-order valence-corrected chi connectivity index (χ0v) is 17.8. The maximum Gasteiger partial charge on any atom is 0.327 e. The van der Waals surface area contributed by atoms with Crippen molar-refractivity contribution in [3.63, 3.8) is 0 Å². The Kier molecular flexibility index (Phi) is 5.63. The first-order valence-corrected chi connectivity index (χ1v) is 10.5. The van der Waals surface area contributed by atoms with Gasteiger partial charge in [0.05, 0.1) is 7.11 Å². The van der Waals surface area contributed by atoms with Gasteiger partial charge >= 0.3 is 6.03 Å². The molecule has 1 aromatic heterocycles. The first kappa shape index (κ1) is 20.8. The van der Waals surface area contributed by atoms with E-state index in [-0.39, 0.29) is 23.7 Å². The van der Waals surface area contributed by atoms with E-state index < -0.39 is 5.54 Å². The van der Waals surface area contributed by atoms with Gasteiger partial charge in [0.2, 0.25) is 5.88 Å². The van der Waals surface area contributed by atoms with Crippen LogP contribution in [0.5, 0.6) is 5.88 Å². The fourth-order valence-corrected chi connectivity index (χ4v) is 4.50. The van der Waals surface area contributed by atoms with Gasteiger partial charge in [-0.3, -0.25) is 14.5 Å². The molecule has 1 spiro atoms. The third-order valence-corrected chi connectivity index (χ3v) is 6.19. The summed E-state index contributed by atoms with van der Waals surface area (Å²) in [6.45, 7) is 3.26. The Morgan fingerprint density at radius 1 is 1.10 bits per heavy atom. The SMILES string of the molecule is CCN1C(=O)N(Cc2ccccc2)C2(CCN(C(=O)c3cccnc3OC)CC2)C1=O. The maximum absolute atomic E-state index is 13.3. The number of benzene rings is 1. The number of carbonyl (C=O) groups excluding carboxylic acids is 3. The van der Waals surface area contributed by atoms with Crippen molar-refractivity contribution < 1.29 is 19.1 Å². The smallest absolute Gasteiger partial charge is 0.327 e. The lowest BCUT2D eigenvalue weighted by molar-refractivity contribution is -0.135. The van der Waals surface area contributed by atoms with Crippen molar-refractivity contribution in [1.29, 1.82) is 0 Å². The van der Waals surface area contributed by atoms with Crippen LogP contribution >= 0.6 is 0 Å². The summed E-state index contributed by atoms with van der Waals surface area (Å²) in [5.41, 5.74) is 0.448. The molecule has 2 aliphatic heterocycles. The molecule has 3 heterocycles. The molecule has 2 aliphatic rings. The summed E-state index contributed by atoms with van der Waals surface area (Å²) in [5, 5.41) is 0. The van der Waals surface area contributed by atoms with E-state index >= 15 is 0 Å². The summed E-state index contributed by atoms with van der Waals surface area (Å²) in [6.07, 6.45) is 2.37. The van der Waals surface area contributed by atoms with Crippen LogP contribution in [0, 0.1) is 0 Å². The second-order valence-corrected chi connectivity index (χ2v) is 7.79. The van der Waals surface area contributed by atoms with Gasteiger partial charge in [0.1, 0.15) is 11.1 Å². The van der Waals surface area contributed by atoms with Crippen LogP contribution in [0.4, 0.5) is 4.79 Å². The predicted octanol–water partition coefficient (Wildman–Crippen LogP) is 2.55. The van der Waals surface area contributed by atoms with Crippen LogP contribution in [-0.2, 0) is 11.3 Å². The van der Waals surface area contributed by atoms with Crippen LogP contribution in [-0.4, -0.2) is 69.8 Å². The number of carbonyl (C=O) groups is 3. The number of likely N-dealkylation sites (N-methyl/N-ethyl adjacent to an activating group) is 1. The van der Waals surface area contributed by atoms with Gasteiger partial charge in [-0.05, 0) is 37.5 Å². The molecule has 0 aliphatic carbocycles. The molecule has 4 rings (SSSR count). The molecule has 0 atom stereocenters. The molecule has 0 bridgehead atoms. The average molecular weight is 422 g/mol. The highest BCUT2D eigenvalue weighted by Crippen LogP contribution is 2.38. The molecule has 2 fully saturated rings. The largest absolute Gasteiger partial charge is 0.480 e. The number of rotatable bonds is 5. The topological polar surface area (TPSA) is 83.1 Å². The number of ether oxygens (including phenoxy) is 1. The number of imide groups is 1. The van der Waals surface area contributed by atoms with Crippen molar-refractivity contribution >= 4 is 17.8 Å². The average Bonchev–Trinajstić information content (AvgIpc) is 3.00. The maximum atomic E-state index is 13.3. The van der Waals surface area contributed by atoms with Gasteiger partial charge in [-0.2, -0.15) is 0 Å². The number of hydrogen-bond donors (Lipinski definition) is 0. The molecule has 2 aromatic rings. The normalized spacial score (nSPS) is 18.1. The molecule has 8 heteroatoms.